The molecule has 0 spiro atoms. The Kier molecular flexibility index (Phi) is 8.51. The van der Waals surface area contributed by atoms with Crippen molar-refractivity contribution in [3.05, 3.63) is 101 Å². The Labute approximate surface area is 241 Å². The summed E-state index contributed by atoms with van der Waals surface area (Å²) in [5.74, 6) is 1.50. The number of aromatic nitrogens is 2. The monoisotopic (exact) mass is 656 g/mol. The molecule has 0 radical (unpaired) electrons. The molecule has 1 heterocycles. The topological polar surface area (TPSA) is 109 Å². The molecule has 4 aromatic rings. The fraction of sp³-hybridized carbons (Fsp3) is 0.250. The van der Waals surface area contributed by atoms with E-state index in [1.807, 2.05) is 45.9 Å². The molecule has 9 nitrogen and oxygen atoms in total. The van der Waals surface area contributed by atoms with Gasteiger partial charge >= 0.3 is 0 Å². The molecule has 0 amide bonds. The van der Waals surface area contributed by atoms with Crippen molar-refractivity contribution >= 4 is 54.7 Å². The Morgan fingerprint density at radius 3 is 2.44 bits per heavy atom. The van der Waals surface area contributed by atoms with E-state index in [-0.39, 0.29) is 17.9 Å². The van der Waals surface area contributed by atoms with Crippen molar-refractivity contribution in [2.45, 2.75) is 39.7 Å². The predicted molar refractivity (Wildman–Crippen MR) is 158 cm³/mol. The van der Waals surface area contributed by atoms with Gasteiger partial charge in [-0.1, -0.05) is 36.7 Å². The maximum absolute atomic E-state index is 13.4. The first-order valence-electron chi connectivity index (χ1n) is 12.1. The molecule has 39 heavy (non-hydrogen) atoms. The third kappa shape index (κ3) is 6.54. The van der Waals surface area contributed by atoms with Gasteiger partial charge in [0.05, 0.1) is 33.1 Å². The van der Waals surface area contributed by atoms with Gasteiger partial charge in [-0.05, 0) is 76.4 Å². The quantitative estimate of drug-likeness (QED) is 0.115. The highest BCUT2D eigenvalue weighted by molar-refractivity contribution is 9.10. The van der Waals surface area contributed by atoms with Crippen LogP contribution in [0, 0.1) is 10.1 Å². The van der Waals surface area contributed by atoms with Crippen LogP contribution in [0.1, 0.15) is 44.6 Å². The van der Waals surface area contributed by atoms with E-state index < -0.39 is 10.3 Å². The lowest BCUT2D eigenvalue weighted by molar-refractivity contribution is -0.384. The summed E-state index contributed by atoms with van der Waals surface area (Å²) in [7, 11) is 0. The van der Waals surface area contributed by atoms with Gasteiger partial charge < -0.3 is 9.47 Å². The number of halogens is 2. The maximum Gasteiger partial charge on any atom is 0.282 e. The highest BCUT2D eigenvalue weighted by Gasteiger charge is 2.23. The molecule has 0 fully saturated rings. The minimum atomic E-state index is -0.444. The summed E-state index contributed by atoms with van der Waals surface area (Å²) in [4.78, 5) is 28.6. The first-order chi connectivity index (χ1) is 18.5. The number of hydrogen-bond acceptors (Lipinski definition) is 7. The van der Waals surface area contributed by atoms with E-state index in [1.54, 1.807) is 30.5 Å². The standard InChI is InChI=1S/C28H26Br2N4O5/c1-5-38-24-13-18(12-22(30)25(24)39-16-17-6-9-20(10-7-17)34(36)37)15-31-33-26(35)21-14-19(29)8-11-23(21)32-27(33)28(2,3)4/h6-15H,5,16H2,1-4H3. The molecule has 0 N–H and O–H groups in total. The van der Waals surface area contributed by atoms with Crippen molar-refractivity contribution in [1.29, 1.82) is 0 Å². The molecule has 0 saturated heterocycles. The summed E-state index contributed by atoms with van der Waals surface area (Å²) >= 11 is 6.98. The van der Waals surface area contributed by atoms with Crippen LogP contribution in [0.15, 0.2) is 73.4 Å². The number of non-ortho nitro benzene ring substituents is 1. The summed E-state index contributed by atoms with van der Waals surface area (Å²) in [6, 6.07) is 15.2. The van der Waals surface area contributed by atoms with Crippen molar-refractivity contribution in [2.24, 2.45) is 5.10 Å². The van der Waals surface area contributed by atoms with Crippen LogP contribution in [0.25, 0.3) is 10.9 Å². The van der Waals surface area contributed by atoms with Crippen LogP contribution in [-0.2, 0) is 12.0 Å². The summed E-state index contributed by atoms with van der Waals surface area (Å²) in [6.07, 6.45) is 1.58. The molecule has 0 bridgehead atoms. The fourth-order valence-corrected chi connectivity index (χ4v) is 4.74. The highest BCUT2D eigenvalue weighted by Crippen LogP contribution is 2.37. The molecule has 202 valence electrons. The van der Waals surface area contributed by atoms with Gasteiger partial charge in [-0.2, -0.15) is 9.78 Å². The second-order valence-corrected chi connectivity index (χ2v) is 11.5. The zero-order valence-electron chi connectivity index (χ0n) is 21.8. The van der Waals surface area contributed by atoms with Crippen LogP contribution >= 0.6 is 31.9 Å². The molecule has 0 unspecified atom stereocenters. The van der Waals surface area contributed by atoms with E-state index in [0.29, 0.717) is 44.9 Å². The van der Waals surface area contributed by atoms with E-state index in [9.17, 15) is 14.9 Å². The van der Waals surface area contributed by atoms with Crippen LogP contribution in [0.2, 0.25) is 0 Å². The lowest BCUT2D eigenvalue weighted by atomic mass is 9.95. The van der Waals surface area contributed by atoms with Crippen molar-refractivity contribution in [2.75, 3.05) is 6.61 Å². The molecule has 4 rings (SSSR count). The molecule has 3 aromatic carbocycles. The summed E-state index contributed by atoms with van der Waals surface area (Å²) in [6.45, 7) is 8.39. The van der Waals surface area contributed by atoms with Gasteiger partial charge in [-0.3, -0.25) is 14.9 Å². The van der Waals surface area contributed by atoms with E-state index >= 15 is 0 Å². The van der Waals surface area contributed by atoms with Crippen molar-refractivity contribution in [3.63, 3.8) is 0 Å². The van der Waals surface area contributed by atoms with E-state index in [2.05, 4.69) is 37.0 Å². The minimum absolute atomic E-state index is 0.0153. The molecule has 1 aromatic heterocycles. The Balaban J connectivity index is 1.69. The van der Waals surface area contributed by atoms with E-state index in [0.717, 1.165) is 10.0 Å². The second-order valence-electron chi connectivity index (χ2n) is 9.68. The maximum atomic E-state index is 13.4. The lowest BCUT2D eigenvalue weighted by Crippen LogP contribution is -2.29. The van der Waals surface area contributed by atoms with Gasteiger partial charge in [0, 0.05) is 22.0 Å². The van der Waals surface area contributed by atoms with Gasteiger partial charge in [0.15, 0.2) is 11.5 Å². The van der Waals surface area contributed by atoms with Crippen molar-refractivity contribution in [3.8, 4) is 11.5 Å². The van der Waals surface area contributed by atoms with E-state index in [4.69, 9.17) is 14.5 Å². The number of nitro benzene ring substituents is 1. The molecule has 0 atom stereocenters. The highest BCUT2D eigenvalue weighted by atomic mass is 79.9. The molecular weight excluding hydrogens is 632 g/mol. The number of benzene rings is 3. The summed E-state index contributed by atoms with van der Waals surface area (Å²) in [5.41, 5.74) is 1.36. The molecule has 0 aliphatic carbocycles. The largest absolute Gasteiger partial charge is 0.490 e. The molecule has 0 saturated carbocycles. The van der Waals surface area contributed by atoms with Gasteiger partial charge in [0.2, 0.25) is 0 Å². The van der Waals surface area contributed by atoms with Crippen LogP contribution < -0.4 is 15.0 Å². The Morgan fingerprint density at radius 2 is 1.79 bits per heavy atom. The number of hydrogen-bond donors (Lipinski definition) is 0. The summed E-state index contributed by atoms with van der Waals surface area (Å²) in [5, 5.41) is 15.9. The lowest BCUT2D eigenvalue weighted by Gasteiger charge is -2.21. The van der Waals surface area contributed by atoms with Crippen LogP contribution in [0.3, 0.4) is 0 Å². The van der Waals surface area contributed by atoms with Crippen molar-refractivity contribution < 1.29 is 14.4 Å². The number of nitrogens with zero attached hydrogens (tertiary/aromatic N) is 4. The van der Waals surface area contributed by atoms with Gasteiger partial charge in [0.1, 0.15) is 12.4 Å². The number of rotatable bonds is 8. The average Bonchev–Trinajstić information content (AvgIpc) is 2.87. The normalized spacial score (nSPS) is 11.7. The third-order valence-electron chi connectivity index (χ3n) is 5.66. The first-order valence-corrected chi connectivity index (χ1v) is 13.7. The van der Waals surface area contributed by atoms with Gasteiger partial charge in [-0.15, -0.1) is 0 Å². The molecule has 11 heteroatoms. The zero-order valence-corrected chi connectivity index (χ0v) is 24.9. The number of fused-ring (bicyclic) bond motifs is 1. The third-order valence-corrected chi connectivity index (χ3v) is 6.75. The van der Waals surface area contributed by atoms with Crippen LogP contribution in [-0.4, -0.2) is 27.4 Å². The molecule has 0 aliphatic heterocycles. The summed E-state index contributed by atoms with van der Waals surface area (Å²) < 4.78 is 14.6. The average molecular weight is 658 g/mol. The fourth-order valence-electron chi connectivity index (χ4n) is 3.80. The van der Waals surface area contributed by atoms with Crippen LogP contribution in [0.4, 0.5) is 5.69 Å². The van der Waals surface area contributed by atoms with Gasteiger partial charge in [-0.25, -0.2) is 4.98 Å². The Bertz CT molecular complexity index is 1630. The molecule has 0 aliphatic rings. The smallest absolute Gasteiger partial charge is 0.282 e. The van der Waals surface area contributed by atoms with Crippen LogP contribution in [0.5, 0.6) is 11.5 Å². The first kappa shape index (κ1) is 28.4. The van der Waals surface area contributed by atoms with Gasteiger partial charge in [0.25, 0.3) is 11.2 Å². The minimum Gasteiger partial charge on any atom is -0.490 e. The van der Waals surface area contributed by atoms with Crippen molar-refractivity contribution in [1.82, 2.24) is 9.66 Å². The number of ether oxygens (including phenoxy) is 2. The predicted octanol–water partition coefficient (Wildman–Crippen LogP) is 6.99. The second kappa shape index (κ2) is 11.7. The Morgan fingerprint density at radius 1 is 1.08 bits per heavy atom. The van der Waals surface area contributed by atoms with E-state index in [1.165, 1.54) is 16.8 Å². The molecular formula is C28H26Br2N4O5. The zero-order chi connectivity index (χ0) is 28.3. The number of nitro groups is 1. The SMILES string of the molecule is CCOc1cc(C=Nn2c(C(C)(C)C)nc3ccc(Br)cc3c2=O)cc(Br)c1OCc1ccc([N+](=O)[O-])cc1. The Hall–Kier alpha value is -3.57.